The Kier molecular flexibility index (Phi) is 4.50. The Morgan fingerprint density at radius 1 is 0.731 bits per heavy atom. The number of benzene rings is 3. The molecule has 0 aliphatic carbocycles. The lowest BCUT2D eigenvalue weighted by atomic mass is 9.83. The third-order valence-electron chi connectivity index (χ3n) is 4.66. The highest BCUT2D eigenvalue weighted by Crippen LogP contribution is 2.41. The van der Waals surface area contributed by atoms with Crippen molar-refractivity contribution in [1.82, 2.24) is 5.32 Å². The Balaban J connectivity index is 1.89. The second-order valence-corrected chi connectivity index (χ2v) is 6.63. The molecule has 0 spiro atoms. The van der Waals surface area contributed by atoms with Crippen LogP contribution in [0, 0.1) is 0 Å². The summed E-state index contributed by atoms with van der Waals surface area (Å²) in [6.45, 7) is 0. The summed E-state index contributed by atoms with van der Waals surface area (Å²) in [5, 5.41) is 3.33. The van der Waals surface area contributed by atoms with Gasteiger partial charge in [-0.2, -0.15) is 0 Å². The molecular formula is C22H18N2OS. The van der Waals surface area contributed by atoms with Crippen LogP contribution in [-0.2, 0) is 4.79 Å². The van der Waals surface area contributed by atoms with Crippen LogP contribution in [0.3, 0.4) is 0 Å². The van der Waals surface area contributed by atoms with Gasteiger partial charge >= 0.3 is 0 Å². The fourth-order valence-electron chi connectivity index (χ4n) is 3.51. The van der Waals surface area contributed by atoms with Gasteiger partial charge in [0.25, 0.3) is 0 Å². The number of rotatable bonds is 3. The zero-order chi connectivity index (χ0) is 17.9. The molecule has 4 rings (SSSR count). The molecule has 0 unspecified atom stereocenters. The summed E-state index contributed by atoms with van der Waals surface area (Å²) in [6, 6.07) is 29.7. The molecule has 1 aliphatic heterocycles. The quantitative estimate of drug-likeness (QED) is 0.703. The molecule has 0 saturated carbocycles. The molecule has 1 saturated heterocycles. The molecule has 1 amide bonds. The van der Waals surface area contributed by atoms with Crippen molar-refractivity contribution < 1.29 is 4.79 Å². The standard InChI is InChI=1S/C22H18N2OS/c25-21-19(16-10-4-1-5-11-16)20(17-12-6-2-7-13-17)24(22(26)23-21)18-14-8-3-9-15-18/h1-15,19-20H,(H,23,25,26)/t19-,20+/m1/s1. The Morgan fingerprint density at radius 2 is 1.23 bits per heavy atom. The monoisotopic (exact) mass is 358 g/mol. The molecule has 128 valence electrons. The van der Waals surface area contributed by atoms with Gasteiger partial charge in [0.2, 0.25) is 5.91 Å². The second kappa shape index (κ2) is 7.10. The summed E-state index contributed by atoms with van der Waals surface area (Å²) in [4.78, 5) is 15.0. The topological polar surface area (TPSA) is 32.3 Å². The van der Waals surface area contributed by atoms with Crippen LogP contribution in [0.15, 0.2) is 91.0 Å². The molecule has 4 heteroatoms. The summed E-state index contributed by atoms with van der Waals surface area (Å²) < 4.78 is 0. The summed E-state index contributed by atoms with van der Waals surface area (Å²) in [5.41, 5.74) is 3.00. The van der Waals surface area contributed by atoms with Gasteiger partial charge in [-0.1, -0.05) is 78.9 Å². The fraction of sp³-hybridized carbons (Fsp3) is 0.0909. The average Bonchev–Trinajstić information content (AvgIpc) is 2.69. The number of thiocarbonyl (C=S) groups is 1. The molecule has 3 nitrogen and oxygen atoms in total. The molecule has 0 radical (unpaired) electrons. The van der Waals surface area contributed by atoms with E-state index in [0.29, 0.717) is 5.11 Å². The highest BCUT2D eigenvalue weighted by molar-refractivity contribution is 7.80. The molecule has 1 heterocycles. The van der Waals surface area contributed by atoms with Gasteiger partial charge in [-0.15, -0.1) is 0 Å². The first-order chi connectivity index (χ1) is 12.8. The van der Waals surface area contributed by atoms with E-state index in [-0.39, 0.29) is 17.9 Å². The number of amides is 1. The average molecular weight is 358 g/mol. The van der Waals surface area contributed by atoms with Gasteiger partial charge in [0.15, 0.2) is 5.11 Å². The first-order valence-electron chi connectivity index (χ1n) is 8.55. The predicted molar refractivity (Wildman–Crippen MR) is 108 cm³/mol. The smallest absolute Gasteiger partial charge is 0.236 e. The molecule has 1 N–H and O–H groups in total. The van der Waals surface area contributed by atoms with Crippen LogP contribution in [0.4, 0.5) is 5.69 Å². The SMILES string of the molecule is O=C1NC(=S)N(c2ccccc2)[C@@H](c2ccccc2)[C@H]1c1ccccc1. The van der Waals surface area contributed by atoms with Crippen LogP contribution in [0.2, 0.25) is 0 Å². The van der Waals surface area contributed by atoms with Gasteiger partial charge in [0.1, 0.15) is 0 Å². The maximum atomic E-state index is 12.9. The molecule has 26 heavy (non-hydrogen) atoms. The number of nitrogens with one attached hydrogen (secondary N) is 1. The number of carbonyl (C=O) groups excluding carboxylic acids is 1. The van der Waals surface area contributed by atoms with E-state index in [1.165, 1.54) is 0 Å². The Hall–Kier alpha value is -2.98. The summed E-state index contributed by atoms with van der Waals surface area (Å²) in [5.74, 6) is -0.423. The Bertz CT molecular complexity index is 855. The first-order valence-corrected chi connectivity index (χ1v) is 8.95. The van der Waals surface area contributed by atoms with Gasteiger partial charge in [-0.3, -0.25) is 4.79 Å². The third kappa shape index (κ3) is 3.00. The zero-order valence-electron chi connectivity index (χ0n) is 14.1. The van der Waals surface area contributed by atoms with Crippen LogP contribution < -0.4 is 10.2 Å². The normalized spacial score (nSPS) is 19.9. The van der Waals surface area contributed by atoms with Gasteiger partial charge in [0, 0.05) is 5.69 Å². The van der Waals surface area contributed by atoms with Crippen molar-refractivity contribution in [2.75, 3.05) is 4.90 Å². The summed E-state index contributed by atoms with van der Waals surface area (Å²) in [6.07, 6.45) is 0. The lowest BCUT2D eigenvalue weighted by Gasteiger charge is -2.42. The predicted octanol–water partition coefficient (Wildman–Crippen LogP) is 4.43. The largest absolute Gasteiger partial charge is 0.310 e. The third-order valence-corrected chi connectivity index (χ3v) is 4.96. The molecule has 3 aromatic carbocycles. The highest BCUT2D eigenvalue weighted by Gasteiger charge is 2.42. The molecule has 0 aromatic heterocycles. The van der Waals surface area contributed by atoms with Crippen LogP contribution >= 0.6 is 12.2 Å². The maximum Gasteiger partial charge on any atom is 0.236 e. The van der Waals surface area contributed by atoms with Crippen molar-refractivity contribution in [3.63, 3.8) is 0 Å². The van der Waals surface area contributed by atoms with E-state index in [2.05, 4.69) is 17.4 Å². The maximum absolute atomic E-state index is 12.9. The van der Waals surface area contributed by atoms with E-state index >= 15 is 0 Å². The molecule has 1 aliphatic rings. The van der Waals surface area contributed by atoms with Crippen molar-refractivity contribution in [1.29, 1.82) is 0 Å². The van der Waals surface area contributed by atoms with Crippen molar-refractivity contribution in [2.24, 2.45) is 0 Å². The number of hydrogen-bond donors (Lipinski definition) is 1. The Morgan fingerprint density at radius 3 is 1.81 bits per heavy atom. The molecular weight excluding hydrogens is 340 g/mol. The van der Waals surface area contributed by atoms with Crippen LogP contribution in [-0.4, -0.2) is 11.0 Å². The first kappa shape index (κ1) is 16.5. The van der Waals surface area contributed by atoms with Crippen molar-refractivity contribution in [3.05, 3.63) is 102 Å². The van der Waals surface area contributed by atoms with Crippen LogP contribution in [0.25, 0.3) is 0 Å². The number of para-hydroxylation sites is 1. The van der Waals surface area contributed by atoms with E-state index in [1.54, 1.807) is 0 Å². The van der Waals surface area contributed by atoms with Crippen molar-refractivity contribution in [2.45, 2.75) is 12.0 Å². The van der Waals surface area contributed by atoms with E-state index in [4.69, 9.17) is 12.2 Å². The lowest BCUT2D eigenvalue weighted by Crippen LogP contribution is -2.55. The Labute approximate surface area is 158 Å². The van der Waals surface area contributed by atoms with E-state index < -0.39 is 0 Å². The van der Waals surface area contributed by atoms with Gasteiger partial charge in [0.05, 0.1) is 12.0 Å². The van der Waals surface area contributed by atoms with Crippen LogP contribution in [0.5, 0.6) is 0 Å². The molecule has 2 atom stereocenters. The number of carbonyl (C=O) groups is 1. The number of anilines is 1. The number of nitrogens with zero attached hydrogens (tertiary/aromatic N) is 1. The molecule has 3 aromatic rings. The summed E-state index contributed by atoms with van der Waals surface area (Å²) in [7, 11) is 0. The lowest BCUT2D eigenvalue weighted by molar-refractivity contribution is -0.122. The molecule has 1 fully saturated rings. The van der Waals surface area contributed by atoms with Crippen molar-refractivity contribution in [3.8, 4) is 0 Å². The van der Waals surface area contributed by atoms with Crippen LogP contribution in [0.1, 0.15) is 23.1 Å². The second-order valence-electron chi connectivity index (χ2n) is 6.24. The number of hydrogen-bond acceptors (Lipinski definition) is 2. The van der Waals surface area contributed by atoms with E-state index in [1.807, 2.05) is 83.8 Å². The van der Waals surface area contributed by atoms with E-state index in [0.717, 1.165) is 16.8 Å². The summed E-state index contributed by atoms with van der Waals surface area (Å²) >= 11 is 5.56. The van der Waals surface area contributed by atoms with Crippen molar-refractivity contribution >= 4 is 28.9 Å². The van der Waals surface area contributed by atoms with Gasteiger partial charge < -0.3 is 10.2 Å². The fourth-order valence-corrected chi connectivity index (χ4v) is 3.83. The van der Waals surface area contributed by atoms with E-state index in [9.17, 15) is 4.79 Å². The zero-order valence-corrected chi connectivity index (χ0v) is 14.9. The van der Waals surface area contributed by atoms with Gasteiger partial charge in [-0.25, -0.2) is 0 Å². The van der Waals surface area contributed by atoms with Gasteiger partial charge in [-0.05, 0) is 35.5 Å². The minimum absolute atomic E-state index is 0.0674. The highest BCUT2D eigenvalue weighted by atomic mass is 32.1. The minimum atomic E-state index is -0.356. The minimum Gasteiger partial charge on any atom is -0.310 e. The molecule has 0 bridgehead atoms.